The van der Waals surface area contributed by atoms with Gasteiger partial charge in [-0.2, -0.15) is 0 Å². The van der Waals surface area contributed by atoms with Gasteiger partial charge in [-0.15, -0.1) is 0 Å². The number of urea groups is 1. The van der Waals surface area contributed by atoms with Gasteiger partial charge in [0.1, 0.15) is 0 Å². The van der Waals surface area contributed by atoms with Gasteiger partial charge in [0.2, 0.25) is 0 Å². The number of benzene rings is 1. The number of pyridine rings is 1. The molecule has 1 N–H and O–H groups in total. The van der Waals surface area contributed by atoms with E-state index in [1.54, 1.807) is 0 Å². The predicted octanol–water partition coefficient (Wildman–Crippen LogP) is 4.28. The summed E-state index contributed by atoms with van der Waals surface area (Å²) in [6, 6.07) is 14.5. The SMILES string of the molecule is CCN(CC)C(CNC(=O)N1CC(C)(C)c2nc(C)ccc21)c1ccccc1. The van der Waals surface area contributed by atoms with Crippen molar-refractivity contribution in [1.29, 1.82) is 0 Å². The fraction of sp³-hybridized carbons (Fsp3) is 0.478. The number of aryl methyl sites for hydroxylation is 1. The molecule has 150 valence electrons. The van der Waals surface area contributed by atoms with Gasteiger partial charge in [0.15, 0.2) is 0 Å². The maximum atomic E-state index is 13.1. The van der Waals surface area contributed by atoms with E-state index in [0.29, 0.717) is 13.1 Å². The fourth-order valence-corrected chi connectivity index (χ4v) is 4.08. The average Bonchev–Trinajstić information content (AvgIpc) is 2.96. The maximum Gasteiger partial charge on any atom is 0.322 e. The van der Waals surface area contributed by atoms with Crippen LogP contribution in [0, 0.1) is 6.92 Å². The Morgan fingerprint density at radius 2 is 1.86 bits per heavy atom. The quantitative estimate of drug-likeness (QED) is 0.814. The Balaban J connectivity index is 1.77. The number of rotatable bonds is 6. The molecule has 2 aromatic rings. The lowest BCUT2D eigenvalue weighted by Gasteiger charge is -2.31. The molecule has 0 radical (unpaired) electrons. The van der Waals surface area contributed by atoms with Gasteiger partial charge in [0, 0.05) is 24.2 Å². The van der Waals surface area contributed by atoms with Crippen LogP contribution in [0.5, 0.6) is 0 Å². The molecule has 2 heterocycles. The first-order valence-electron chi connectivity index (χ1n) is 10.2. The number of anilines is 1. The number of amides is 2. The van der Waals surface area contributed by atoms with Gasteiger partial charge in [-0.3, -0.25) is 14.8 Å². The Hall–Kier alpha value is -2.40. The van der Waals surface area contributed by atoms with Crippen LogP contribution >= 0.6 is 0 Å². The van der Waals surface area contributed by atoms with Crippen LogP contribution in [0.4, 0.5) is 10.5 Å². The van der Waals surface area contributed by atoms with Crippen molar-refractivity contribution in [2.75, 3.05) is 31.1 Å². The van der Waals surface area contributed by atoms with E-state index in [1.165, 1.54) is 5.56 Å². The van der Waals surface area contributed by atoms with E-state index in [0.717, 1.165) is 30.2 Å². The standard InChI is InChI=1S/C23H32N4O/c1-6-26(7-2)20(18-11-9-8-10-12-18)15-24-22(28)27-16-23(4,5)21-19(27)14-13-17(3)25-21/h8-14,20H,6-7,15-16H2,1-5H3,(H,24,28). The number of carbonyl (C=O) groups excluding carboxylic acids is 1. The highest BCUT2D eigenvalue weighted by molar-refractivity contribution is 5.94. The molecule has 0 spiro atoms. The van der Waals surface area contributed by atoms with E-state index >= 15 is 0 Å². The topological polar surface area (TPSA) is 48.5 Å². The summed E-state index contributed by atoms with van der Waals surface area (Å²) in [4.78, 5) is 22.0. The Labute approximate surface area is 168 Å². The minimum atomic E-state index is -0.142. The van der Waals surface area contributed by atoms with Crippen molar-refractivity contribution in [2.24, 2.45) is 0 Å². The number of carbonyl (C=O) groups is 1. The highest BCUT2D eigenvalue weighted by Gasteiger charge is 2.39. The van der Waals surface area contributed by atoms with Crippen LogP contribution in [0.25, 0.3) is 0 Å². The van der Waals surface area contributed by atoms with Gasteiger partial charge < -0.3 is 5.32 Å². The molecular weight excluding hydrogens is 348 g/mol. The van der Waals surface area contributed by atoms with E-state index in [2.05, 4.69) is 62.2 Å². The van der Waals surface area contributed by atoms with E-state index in [-0.39, 0.29) is 17.5 Å². The molecule has 1 aromatic heterocycles. The summed E-state index contributed by atoms with van der Waals surface area (Å²) in [6.07, 6.45) is 0. The second-order valence-corrected chi connectivity index (χ2v) is 8.12. The molecule has 5 nitrogen and oxygen atoms in total. The Bertz CT molecular complexity index is 815. The maximum absolute atomic E-state index is 13.1. The molecule has 0 saturated carbocycles. The highest BCUT2D eigenvalue weighted by atomic mass is 16.2. The second kappa shape index (κ2) is 8.31. The molecule has 1 unspecified atom stereocenters. The molecule has 1 aliphatic rings. The van der Waals surface area contributed by atoms with Crippen LogP contribution < -0.4 is 10.2 Å². The van der Waals surface area contributed by atoms with Crippen LogP contribution in [0.3, 0.4) is 0 Å². The largest absolute Gasteiger partial charge is 0.336 e. The van der Waals surface area contributed by atoms with Gasteiger partial charge in [-0.25, -0.2) is 4.79 Å². The molecule has 5 heteroatoms. The van der Waals surface area contributed by atoms with Crippen molar-refractivity contribution in [3.05, 3.63) is 59.4 Å². The monoisotopic (exact) mass is 380 g/mol. The molecule has 0 aliphatic carbocycles. The summed E-state index contributed by atoms with van der Waals surface area (Å²) in [5.41, 5.74) is 4.00. The summed E-state index contributed by atoms with van der Waals surface area (Å²) in [6.45, 7) is 13.7. The van der Waals surface area contributed by atoms with Crippen LogP contribution in [0.15, 0.2) is 42.5 Å². The lowest BCUT2D eigenvalue weighted by Crippen LogP contribution is -2.45. The van der Waals surface area contributed by atoms with Crippen LogP contribution in [0.1, 0.15) is 50.7 Å². The zero-order chi connectivity index (χ0) is 20.3. The Morgan fingerprint density at radius 3 is 2.50 bits per heavy atom. The van der Waals surface area contributed by atoms with Crippen molar-refractivity contribution in [3.8, 4) is 0 Å². The lowest BCUT2D eigenvalue weighted by atomic mass is 9.91. The molecule has 1 aliphatic heterocycles. The van der Waals surface area contributed by atoms with Crippen LogP contribution in [-0.4, -0.2) is 42.1 Å². The number of aromatic nitrogens is 1. The first kappa shape index (κ1) is 20.3. The van der Waals surface area contributed by atoms with Crippen molar-refractivity contribution in [2.45, 2.75) is 46.1 Å². The van der Waals surface area contributed by atoms with Crippen molar-refractivity contribution < 1.29 is 4.79 Å². The van der Waals surface area contributed by atoms with Gasteiger partial charge in [-0.05, 0) is 37.7 Å². The summed E-state index contributed by atoms with van der Waals surface area (Å²) < 4.78 is 0. The number of fused-ring (bicyclic) bond motifs is 1. The molecule has 0 fully saturated rings. The second-order valence-electron chi connectivity index (χ2n) is 8.12. The zero-order valence-electron chi connectivity index (χ0n) is 17.7. The van der Waals surface area contributed by atoms with E-state index in [1.807, 2.05) is 30.0 Å². The van der Waals surface area contributed by atoms with Gasteiger partial charge in [0.05, 0.1) is 17.4 Å². The van der Waals surface area contributed by atoms with E-state index in [9.17, 15) is 4.79 Å². The first-order chi connectivity index (χ1) is 13.4. The molecule has 2 amide bonds. The summed E-state index contributed by atoms with van der Waals surface area (Å²) >= 11 is 0. The Kier molecular flexibility index (Phi) is 6.04. The Morgan fingerprint density at radius 1 is 1.18 bits per heavy atom. The molecule has 1 aromatic carbocycles. The van der Waals surface area contributed by atoms with Crippen LogP contribution in [-0.2, 0) is 5.41 Å². The predicted molar refractivity (Wildman–Crippen MR) is 115 cm³/mol. The van der Waals surface area contributed by atoms with Gasteiger partial charge in [-0.1, -0.05) is 58.0 Å². The molecule has 3 rings (SSSR count). The molecule has 28 heavy (non-hydrogen) atoms. The zero-order valence-corrected chi connectivity index (χ0v) is 17.7. The smallest absolute Gasteiger partial charge is 0.322 e. The number of nitrogens with one attached hydrogen (secondary N) is 1. The molecular formula is C23H32N4O. The summed E-state index contributed by atoms with van der Waals surface area (Å²) in [7, 11) is 0. The number of hydrogen-bond donors (Lipinski definition) is 1. The first-order valence-corrected chi connectivity index (χ1v) is 10.2. The third kappa shape index (κ3) is 4.04. The van der Waals surface area contributed by atoms with Crippen molar-refractivity contribution >= 4 is 11.7 Å². The normalized spacial score (nSPS) is 16.1. The van der Waals surface area contributed by atoms with Crippen LogP contribution in [0.2, 0.25) is 0 Å². The number of likely N-dealkylation sites (N-methyl/N-ethyl adjacent to an activating group) is 1. The highest BCUT2D eigenvalue weighted by Crippen LogP contribution is 2.39. The minimum Gasteiger partial charge on any atom is -0.336 e. The molecule has 0 bridgehead atoms. The number of hydrogen-bond acceptors (Lipinski definition) is 3. The van der Waals surface area contributed by atoms with E-state index < -0.39 is 0 Å². The van der Waals surface area contributed by atoms with Gasteiger partial charge in [0.25, 0.3) is 0 Å². The third-order valence-corrected chi connectivity index (χ3v) is 5.63. The van der Waals surface area contributed by atoms with Crippen molar-refractivity contribution in [1.82, 2.24) is 15.2 Å². The lowest BCUT2D eigenvalue weighted by molar-refractivity contribution is 0.208. The average molecular weight is 381 g/mol. The van der Waals surface area contributed by atoms with Gasteiger partial charge >= 0.3 is 6.03 Å². The minimum absolute atomic E-state index is 0.0504. The molecule has 0 saturated heterocycles. The summed E-state index contributed by atoms with van der Waals surface area (Å²) in [5.74, 6) is 0. The number of nitrogens with zero attached hydrogens (tertiary/aromatic N) is 3. The third-order valence-electron chi connectivity index (χ3n) is 5.63. The van der Waals surface area contributed by atoms with Crippen molar-refractivity contribution in [3.63, 3.8) is 0 Å². The van der Waals surface area contributed by atoms with E-state index in [4.69, 9.17) is 4.98 Å². The molecule has 1 atom stereocenters. The fourth-order valence-electron chi connectivity index (χ4n) is 4.08. The summed E-state index contributed by atoms with van der Waals surface area (Å²) in [5, 5.41) is 3.18.